The van der Waals surface area contributed by atoms with Crippen molar-refractivity contribution in [2.45, 2.75) is 19.9 Å². The summed E-state index contributed by atoms with van der Waals surface area (Å²) in [7, 11) is 1.65. The Morgan fingerprint density at radius 3 is 3.00 bits per heavy atom. The fourth-order valence-corrected chi connectivity index (χ4v) is 1.97. The molecule has 0 radical (unpaired) electrons. The van der Waals surface area contributed by atoms with Crippen LogP contribution in [-0.2, 0) is 13.0 Å². The van der Waals surface area contributed by atoms with Gasteiger partial charge in [-0.05, 0) is 31.0 Å². The maximum atomic E-state index is 12.0. The van der Waals surface area contributed by atoms with Gasteiger partial charge >= 0.3 is 0 Å². The summed E-state index contributed by atoms with van der Waals surface area (Å²) in [4.78, 5) is 16.0. The Kier molecular flexibility index (Phi) is 4.76. The molecule has 5 heteroatoms. The van der Waals surface area contributed by atoms with Crippen LogP contribution < -0.4 is 15.6 Å². The van der Waals surface area contributed by atoms with Crippen LogP contribution in [0, 0.1) is 0 Å². The van der Waals surface area contributed by atoms with E-state index in [2.05, 4.69) is 10.3 Å². The molecule has 1 aromatic heterocycles. The van der Waals surface area contributed by atoms with Crippen LogP contribution >= 0.6 is 0 Å². The standard InChI is InChI=1S/C15H19N3O2/c1-3-18-10-9-17-14(15(18)19)16-8-7-12-5-4-6-13(11-12)20-2/h4-6,9-11H,3,7-8H2,1-2H3,(H,16,17). The van der Waals surface area contributed by atoms with Gasteiger partial charge in [0.05, 0.1) is 7.11 Å². The Morgan fingerprint density at radius 2 is 2.25 bits per heavy atom. The third kappa shape index (κ3) is 3.38. The van der Waals surface area contributed by atoms with Gasteiger partial charge in [-0.1, -0.05) is 12.1 Å². The molecule has 5 nitrogen and oxygen atoms in total. The molecule has 2 rings (SSSR count). The van der Waals surface area contributed by atoms with Gasteiger partial charge in [-0.15, -0.1) is 0 Å². The zero-order valence-corrected chi connectivity index (χ0v) is 11.8. The van der Waals surface area contributed by atoms with Crippen molar-refractivity contribution in [2.75, 3.05) is 19.0 Å². The molecule has 0 spiro atoms. The number of hydrogen-bond donors (Lipinski definition) is 1. The Balaban J connectivity index is 1.97. The van der Waals surface area contributed by atoms with Gasteiger partial charge in [0.25, 0.3) is 5.56 Å². The SMILES string of the molecule is CCn1ccnc(NCCc2cccc(OC)c2)c1=O. The molecular weight excluding hydrogens is 254 g/mol. The zero-order chi connectivity index (χ0) is 14.4. The van der Waals surface area contributed by atoms with E-state index in [4.69, 9.17) is 4.74 Å². The van der Waals surface area contributed by atoms with Crippen LogP contribution in [0.2, 0.25) is 0 Å². The van der Waals surface area contributed by atoms with Crippen LogP contribution in [0.1, 0.15) is 12.5 Å². The molecule has 1 heterocycles. The lowest BCUT2D eigenvalue weighted by atomic mass is 10.1. The minimum Gasteiger partial charge on any atom is -0.497 e. The lowest BCUT2D eigenvalue weighted by Gasteiger charge is -2.08. The summed E-state index contributed by atoms with van der Waals surface area (Å²) < 4.78 is 6.81. The van der Waals surface area contributed by atoms with Crippen molar-refractivity contribution in [3.63, 3.8) is 0 Å². The third-order valence-electron chi connectivity index (χ3n) is 3.09. The number of methoxy groups -OCH3 is 1. The second kappa shape index (κ2) is 6.75. The molecule has 0 aliphatic heterocycles. The molecule has 0 atom stereocenters. The van der Waals surface area contributed by atoms with Crippen LogP contribution in [0.3, 0.4) is 0 Å². The number of hydrogen-bond acceptors (Lipinski definition) is 4. The Labute approximate surface area is 118 Å². The Morgan fingerprint density at radius 1 is 1.40 bits per heavy atom. The van der Waals surface area contributed by atoms with Gasteiger partial charge in [-0.2, -0.15) is 0 Å². The predicted octanol–water partition coefficient (Wildman–Crippen LogP) is 1.93. The highest BCUT2D eigenvalue weighted by atomic mass is 16.5. The first-order valence-corrected chi connectivity index (χ1v) is 6.67. The van der Waals surface area contributed by atoms with Crippen molar-refractivity contribution < 1.29 is 4.74 Å². The number of ether oxygens (including phenoxy) is 1. The van der Waals surface area contributed by atoms with E-state index in [1.54, 1.807) is 24.1 Å². The molecular formula is C15H19N3O2. The average Bonchev–Trinajstić information content (AvgIpc) is 2.49. The smallest absolute Gasteiger partial charge is 0.293 e. The van der Waals surface area contributed by atoms with E-state index in [9.17, 15) is 4.79 Å². The van der Waals surface area contributed by atoms with Gasteiger partial charge < -0.3 is 14.6 Å². The molecule has 0 saturated carbocycles. The topological polar surface area (TPSA) is 56.1 Å². The summed E-state index contributed by atoms with van der Waals surface area (Å²) in [5, 5.41) is 3.09. The average molecular weight is 273 g/mol. The first-order chi connectivity index (χ1) is 9.74. The molecule has 106 valence electrons. The van der Waals surface area contributed by atoms with Crippen LogP contribution in [-0.4, -0.2) is 23.2 Å². The van der Waals surface area contributed by atoms with E-state index in [1.807, 2.05) is 31.2 Å². The van der Waals surface area contributed by atoms with Crippen LogP contribution in [0.15, 0.2) is 41.5 Å². The van der Waals surface area contributed by atoms with Gasteiger partial charge in [0.15, 0.2) is 5.82 Å². The lowest BCUT2D eigenvalue weighted by Crippen LogP contribution is -2.24. The summed E-state index contributed by atoms with van der Waals surface area (Å²) in [5.41, 5.74) is 1.07. The zero-order valence-electron chi connectivity index (χ0n) is 11.8. The van der Waals surface area contributed by atoms with E-state index in [1.165, 1.54) is 0 Å². The van der Waals surface area contributed by atoms with E-state index < -0.39 is 0 Å². The largest absolute Gasteiger partial charge is 0.497 e. The Bertz CT molecular complexity index is 623. The van der Waals surface area contributed by atoms with Crippen LogP contribution in [0.4, 0.5) is 5.82 Å². The number of rotatable bonds is 6. The Hall–Kier alpha value is -2.30. The van der Waals surface area contributed by atoms with Gasteiger partial charge in [0.1, 0.15) is 5.75 Å². The summed E-state index contributed by atoms with van der Waals surface area (Å²) >= 11 is 0. The highest BCUT2D eigenvalue weighted by Gasteiger charge is 2.03. The van der Waals surface area contributed by atoms with Gasteiger partial charge in [0.2, 0.25) is 0 Å². The summed E-state index contributed by atoms with van der Waals surface area (Å²) in [6, 6.07) is 7.89. The molecule has 1 aromatic carbocycles. The van der Waals surface area contributed by atoms with E-state index in [-0.39, 0.29) is 5.56 Å². The summed E-state index contributed by atoms with van der Waals surface area (Å²) in [6.45, 7) is 3.23. The maximum Gasteiger partial charge on any atom is 0.293 e. The van der Waals surface area contributed by atoms with Crippen molar-refractivity contribution in [2.24, 2.45) is 0 Å². The second-order valence-electron chi connectivity index (χ2n) is 4.40. The second-order valence-corrected chi connectivity index (χ2v) is 4.40. The summed E-state index contributed by atoms with van der Waals surface area (Å²) in [6.07, 6.45) is 4.13. The fraction of sp³-hybridized carbons (Fsp3) is 0.333. The maximum absolute atomic E-state index is 12.0. The highest BCUT2D eigenvalue weighted by molar-refractivity contribution is 5.32. The van der Waals surface area contributed by atoms with E-state index >= 15 is 0 Å². The minimum absolute atomic E-state index is 0.0827. The molecule has 0 unspecified atom stereocenters. The van der Waals surface area contributed by atoms with Gasteiger partial charge in [-0.3, -0.25) is 4.79 Å². The number of benzene rings is 1. The first kappa shape index (κ1) is 14.1. The van der Waals surface area contributed by atoms with Crippen LogP contribution in [0.25, 0.3) is 0 Å². The molecule has 0 fully saturated rings. The van der Waals surface area contributed by atoms with Crippen molar-refractivity contribution in [1.29, 1.82) is 0 Å². The monoisotopic (exact) mass is 273 g/mol. The molecule has 20 heavy (non-hydrogen) atoms. The van der Waals surface area contributed by atoms with Crippen molar-refractivity contribution in [3.8, 4) is 5.75 Å². The molecule has 0 amide bonds. The minimum atomic E-state index is -0.0827. The molecule has 0 bridgehead atoms. The number of nitrogens with zero attached hydrogens (tertiary/aromatic N) is 2. The molecule has 0 aliphatic carbocycles. The van der Waals surface area contributed by atoms with Crippen molar-refractivity contribution in [1.82, 2.24) is 9.55 Å². The van der Waals surface area contributed by atoms with Crippen LogP contribution in [0.5, 0.6) is 5.75 Å². The highest BCUT2D eigenvalue weighted by Crippen LogP contribution is 2.12. The number of aromatic nitrogens is 2. The molecule has 0 aliphatic rings. The third-order valence-corrected chi connectivity index (χ3v) is 3.09. The van der Waals surface area contributed by atoms with Crippen molar-refractivity contribution >= 4 is 5.82 Å². The van der Waals surface area contributed by atoms with E-state index in [0.717, 1.165) is 17.7 Å². The fourth-order valence-electron chi connectivity index (χ4n) is 1.97. The number of nitrogens with one attached hydrogen (secondary N) is 1. The normalized spacial score (nSPS) is 10.3. The summed E-state index contributed by atoms with van der Waals surface area (Å²) in [5.74, 6) is 1.24. The van der Waals surface area contributed by atoms with Gasteiger partial charge in [0, 0.05) is 25.5 Å². The van der Waals surface area contributed by atoms with Crippen molar-refractivity contribution in [3.05, 3.63) is 52.6 Å². The van der Waals surface area contributed by atoms with E-state index in [0.29, 0.717) is 18.9 Å². The molecule has 2 aromatic rings. The first-order valence-electron chi connectivity index (χ1n) is 6.67. The lowest BCUT2D eigenvalue weighted by molar-refractivity contribution is 0.414. The van der Waals surface area contributed by atoms with Gasteiger partial charge in [-0.25, -0.2) is 4.98 Å². The predicted molar refractivity (Wildman–Crippen MR) is 79.4 cm³/mol. The molecule has 1 N–H and O–H groups in total. The quantitative estimate of drug-likeness (QED) is 0.873. The number of anilines is 1. The number of aryl methyl sites for hydroxylation is 1. The molecule has 0 saturated heterocycles.